The molecule has 2 aromatic carbocycles. The van der Waals surface area contributed by atoms with Crippen LogP contribution in [0, 0.1) is 0 Å². The summed E-state index contributed by atoms with van der Waals surface area (Å²) in [5.74, 6) is 0.550. The molecular weight excluding hydrogens is 406 g/mol. The third kappa shape index (κ3) is 4.46. The van der Waals surface area contributed by atoms with Crippen molar-refractivity contribution in [2.24, 2.45) is 0 Å². The van der Waals surface area contributed by atoms with Gasteiger partial charge in [-0.2, -0.15) is 0 Å². The maximum Gasteiger partial charge on any atom is 0.237 e. The molecule has 1 aromatic heterocycles. The van der Waals surface area contributed by atoms with Crippen LogP contribution in [0.5, 0.6) is 0 Å². The van der Waals surface area contributed by atoms with E-state index in [0.29, 0.717) is 43.0 Å². The molecule has 1 atom stereocenters. The van der Waals surface area contributed by atoms with Gasteiger partial charge in [0, 0.05) is 30.5 Å². The fraction of sp³-hybridized carbons (Fsp3) is 0.280. The number of hydrogen-bond acceptors (Lipinski definition) is 5. The van der Waals surface area contributed by atoms with E-state index in [1.165, 1.54) is 0 Å². The van der Waals surface area contributed by atoms with Crippen molar-refractivity contribution in [1.29, 1.82) is 0 Å². The molecule has 1 fully saturated rings. The zero-order valence-corrected chi connectivity index (χ0v) is 17.9. The van der Waals surface area contributed by atoms with E-state index in [4.69, 9.17) is 4.42 Å². The van der Waals surface area contributed by atoms with Gasteiger partial charge in [0.05, 0.1) is 11.6 Å². The van der Waals surface area contributed by atoms with Crippen molar-refractivity contribution < 1.29 is 18.8 Å². The number of nitrogens with zero attached hydrogens (tertiary/aromatic N) is 1. The zero-order valence-electron chi connectivity index (χ0n) is 17.9. The van der Waals surface area contributed by atoms with E-state index in [1.807, 2.05) is 49.4 Å². The molecule has 4 rings (SSSR count). The van der Waals surface area contributed by atoms with Crippen LogP contribution in [0.3, 0.4) is 0 Å². The maximum absolute atomic E-state index is 12.5. The van der Waals surface area contributed by atoms with Crippen LogP contribution in [0.25, 0.3) is 11.3 Å². The molecule has 1 saturated heterocycles. The number of carbonyl (C=O) groups is 3. The van der Waals surface area contributed by atoms with Crippen LogP contribution in [0.2, 0.25) is 0 Å². The Morgan fingerprint density at radius 3 is 2.56 bits per heavy atom. The lowest BCUT2D eigenvalue weighted by molar-refractivity contribution is -0.138. The van der Waals surface area contributed by atoms with Gasteiger partial charge in [-0.05, 0) is 30.5 Å². The van der Waals surface area contributed by atoms with Crippen LogP contribution in [-0.4, -0.2) is 22.7 Å². The van der Waals surface area contributed by atoms with E-state index in [-0.39, 0.29) is 24.1 Å². The minimum absolute atomic E-state index is 0.150. The molecule has 2 heterocycles. The lowest BCUT2D eigenvalue weighted by Crippen LogP contribution is -2.51. The van der Waals surface area contributed by atoms with Crippen LogP contribution in [0.1, 0.15) is 44.1 Å². The number of imide groups is 1. The molecule has 1 aliphatic heterocycles. The van der Waals surface area contributed by atoms with E-state index >= 15 is 0 Å². The Balaban J connectivity index is 1.35. The highest BCUT2D eigenvalue weighted by molar-refractivity contribution is 6.03. The average molecular weight is 431 g/mol. The topological polar surface area (TPSA) is 101 Å². The second kappa shape index (κ2) is 9.18. The summed E-state index contributed by atoms with van der Waals surface area (Å²) in [5.41, 5.74) is 1.72. The smallest absolute Gasteiger partial charge is 0.237 e. The standard InChI is InChI=1S/C25H25N3O4/c1-2-25(15-14-22(30)28-24(25)31)18-8-10-19(11-9-18)27-21(29)12-13-23-26-16-20(32-23)17-6-4-3-5-7-17/h3-11,16H,2,12-15H2,1H3,(H,27,29)(H,28,30,31). The van der Waals surface area contributed by atoms with Crippen molar-refractivity contribution >= 4 is 23.4 Å². The van der Waals surface area contributed by atoms with Crippen molar-refractivity contribution in [2.45, 2.75) is 44.4 Å². The number of aromatic nitrogens is 1. The largest absolute Gasteiger partial charge is 0.441 e. The summed E-state index contributed by atoms with van der Waals surface area (Å²) >= 11 is 0. The number of amides is 3. The molecule has 1 aliphatic rings. The number of carbonyl (C=O) groups excluding carboxylic acids is 3. The summed E-state index contributed by atoms with van der Waals surface area (Å²) < 4.78 is 5.74. The SMILES string of the molecule is CCC1(c2ccc(NC(=O)CCc3ncc(-c4ccccc4)o3)cc2)CCC(=O)NC1=O. The quantitative estimate of drug-likeness (QED) is 0.551. The molecule has 0 radical (unpaired) electrons. The first-order valence-corrected chi connectivity index (χ1v) is 10.7. The number of aryl methyl sites for hydroxylation is 1. The summed E-state index contributed by atoms with van der Waals surface area (Å²) in [6.07, 6.45) is 3.70. The molecule has 0 saturated carbocycles. The summed E-state index contributed by atoms with van der Waals surface area (Å²) in [5, 5.41) is 5.31. The summed E-state index contributed by atoms with van der Waals surface area (Å²) in [6.45, 7) is 1.94. The van der Waals surface area contributed by atoms with Crippen molar-refractivity contribution in [1.82, 2.24) is 10.3 Å². The first-order chi connectivity index (χ1) is 15.5. The molecule has 0 aliphatic carbocycles. The molecule has 7 nitrogen and oxygen atoms in total. The third-order valence-corrected chi connectivity index (χ3v) is 5.97. The van der Waals surface area contributed by atoms with Gasteiger partial charge in [0.25, 0.3) is 0 Å². The van der Waals surface area contributed by atoms with Gasteiger partial charge in [-0.25, -0.2) is 4.98 Å². The second-order valence-corrected chi connectivity index (χ2v) is 7.92. The van der Waals surface area contributed by atoms with Gasteiger partial charge in [-0.1, -0.05) is 49.4 Å². The molecular formula is C25H25N3O4. The first-order valence-electron chi connectivity index (χ1n) is 10.7. The van der Waals surface area contributed by atoms with Crippen molar-refractivity contribution in [3.63, 3.8) is 0 Å². The van der Waals surface area contributed by atoms with Gasteiger partial charge >= 0.3 is 0 Å². The second-order valence-electron chi connectivity index (χ2n) is 7.92. The van der Waals surface area contributed by atoms with Crippen molar-refractivity contribution in [3.05, 3.63) is 72.2 Å². The molecule has 1 unspecified atom stereocenters. The minimum Gasteiger partial charge on any atom is -0.441 e. The Hall–Kier alpha value is -3.74. The Bertz CT molecular complexity index is 1120. The highest BCUT2D eigenvalue weighted by Gasteiger charge is 2.42. The predicted molar refractivity (Wildman–Crippen MR) is 120 cm³/mol. The minimum atomic E-state index is -0.710. The van der Waals surface area contributed by atoms with Gasteiger partial charge in [-0.3, -0.25) is 19.7 Å². The van der Waals surface area contributed by atoms with Crippen LogP contribution >= 0.6 is 0 Å². The van der Waals surface area contributed by atoms with Gasteiger partial charge in [-0.15, -0.1) is 0 Å². The van der Waals surface area contributed by atoms with Crippen LogP contribution in [-0.2, 0) is 26.2 Å². The fourth-order valence-corrected chi connectivity index (χ4v) is 4.04. The molecule has 0 bridgehead atoms. The molecule has 32 heavy (non-hydrogen) atoms. The van der Waals surface area contributed by atoms with Gasteiger partial charge in [0.15, 0.2) is 11.7 Å². The monoisotopic (exact) mass is 431 g/mol. The Morgan fingerprint density at radius 1 is 1.12 bits per heavy atom. The summed E-state index contributed by atoms with van der Waals surface area (Å²) in [6, 6.07) is 16.9. The molecule has 3 aromatic rings. The number of oxazole rings is 1. The van der Waals surface area contributed by atoms with Crippen molar-refractivity contribution in [3.8, 4) is 11.3 Å². The van der Waals surface area contributed by atoms with Crippen molar-refractivity contribution in [2.75, 3.05) is 5.32 Å². The number of anilines is 1. The highest BCUT2D eigenvalue weighted by atomic mass is 16.4. The Morgan fingerprint density at radius 2 is 1.88 bits per heavy atom. The molecule has 3 amide bonds. The fourth-order valence-electron chi connectivity index (χ4n) is 4.04. The van der Waals surface area contributed by atoms with E-state index in [9.17, 15) is 14.4 Å². The summed E-state index contributed by atoms with van der Waals surface area (Å²) in [4.78, 5) is 40.7. The number of rotatable bonds is 7. The maximum atomic E-state index is 12.5. The van der Waals surface area contributed by atoms with E-state index < -0.39 is 5.41 Å². The average Bonchev–Trinajstić information content (AvgIpc) is 3.29. The third-order valence-electron chi connectivity index (χ3n) is 5.97. The molecule has 164 valence electrons. The molecule has 0 spiro atoms. The normalized spacial score (nSPS) is 18.3. The number of nitrogens with one attached hydrogen (secondary N) is 2. The lowest BCUT2D eigenvalue weighted by Gasteiger charge is -2.35. The van der Waals surface area contributed by atoms with Crippen LogP contribution in [0.4, 0.5) is 5.69 Å². The lowest BCUT2D eigenvalue weighted by atomic mass is 9.72. The first kappa shape index (κ1) is 21.5. The molecule has 7 heteroatoms. The van der Waals surface area contributed by atoms with Gasteiger partial charge in [0.2, 0.25) is 17.7 Å². The Kier molecular flexibility index (Phi) is 6.16. The van der Waals surface area contributed by atoms with Crippen LogP contribution in [0.15, 0.2) is 65.2 Å². The van der Waals surface area contributed by atoms with E-state index in [2.05, 4.69) is 15.6 Å². The van der Waals surface area contributed by atoms with Crippen LogP contribution < -0.4 is 10.6 Å². The number of hydrogen-bond donors (Lipinski definition) is 2. The highest BCUT2D eigenvalue weighted by Crippen LogP contribution is 2.36. The van der Waals surface area contributed by atoms with Gasteiger partial charge in [0.1, 0.15) is 0 Å². The molecule has 2 N–H and O–H groups in total. The number of piperidine rings is 1. The summed E-state index contributed by atoms with van der Waals surface area (Å²) in [7, 11) is 0. The van der Waals surface area contributed by atoms with E-state index in [1.54, 1.807) is 18.3 Å². The van der Waals surface area contributed by atoms with E-state index in [0.717, 1.165) is 11.1 Å². The van der Waals surface area contributed by atoms with Gasteiger partial charge < -0.3 is 9.73 Å². The Labute approximate surface area is 186 Å². The zero-order chi connectivity index (χ0) is 22.6. The number of benzene rings is 2. The predicted octanol–water partition coefficient (Wildman–Crippen LogP) is 4.00.